The van der Waals surface area contributed by atoms with E-state index in [2.05, 4.69) is 20.6 Å². The van der Waals surface area contributed by atoms with E-state index in [1.54, 1.807) is 4.90 Å². The second-order valence-corrected chi connectivity index (χ2v) is 4.82. The fourth-order valence-electron chi connectivity index (χ4n) is 2.46. The van der Waals surface area contributed by atoms with Crippen LogP contribution in [-0.4, -0.2) is 38.0 Å². The van der Waals surface area contributed by atoms with Gasteiger partial charge in [0.1, 0.15) is 0 Å². The number of nitrogens with one attached hydrogen (secondary N) is 1. The maximum atomic E-state index is 12.3. The van der Waals surface area contributed by atoms with E-state index in [4.69, 9.17) is 11.6 Å². The first-order valence-corrected chi connectivity index (χ1v) is 6.44. The third kappa shape index (κ3) is 2.19. The van der Waals surface area contributed by atoms with Crippen LogP contribution >= 0.6 is 11.6 Å². The Hall–Kier alpha value is -1.95. The number of carbonyl (C=O) groups is 1. The number of H-pyrrole nitrogens is 1. The second-order valence-electron chi connectivity index (χ2n) is 4.41. The smallest absolute Gasteiger partial charge is 0.295 e. The molecular formula is C12H12ClN5O. The van der Waals surface area contributed by atoms with Gasteiger partial charge in [0.25, 0.3) is 11.7 Å². The van der Waals surface area contributed by atoms with E-state index in [0.717, 1.165) is 18.4 Å². The lowest BCUT2D eigenvalue weighted by Gasteiger charge is -2.24. The van der Waals surface area contributed by atoms with Crippen molar-refractivity contribution in [2.75, 3.05) is 6.54 Å². The number of aromatic nitrogens is 4. The second kappa shape index (κ2) is 4.97. The third-order valence-electron chi connectivity index (χ3n) is 3.31. The molecule has 3 rings (SSSR count). The Balaban J connectivity index is 1.90. The highest BCUT2D eigenvalue weighted by molar-refractivity contribution is 6.31. The Morgan fingerprint density at radius 3 is 3.00 bits per heavy atom. The molecule has 1 aromatic carbocycles. The zero-order valence-electron chi connectivity index (χ0n) is 10.1. The van der Waals surface area contributed by atoms with Gasteiger partial charge in [-0.25, -0.2) is 0 Å². The van der Waals surface area contributed by atoms with Gasteiger partial charge in [-0.1, -0.05) is 29.8 Å². The molecule has 1 aliphatic heterocycles. The Bertz CT molecular complexity index is 586. The summed E-state index contributed by atoms with van der Waals surface area (Å²) in [5.74, 6) is -0.116. The monoisotopic (exact) mass is 277 g/mol. The first kappa shape index (κ1) is 12.1. The largest absolute Gasteiger partial charge is 0.329 e. The molecule has 1 saturated heterocycles. The summed E-state index contributed by atoms with van der Waals surface area (Å²) >= 11 is 6.21. The quantitative estimate of drug-likeness (QED) is 0.909. The van der Waals surface area contributed by atoms with E-state index in [9.17, 15) is 4.79 Å². The highest BCUT2D eigenvalue weighted by Crippen LogP contribution is 2.36. The molecule has 2 heterocycles. The van der Waals surface area contributed by atoms with Crippen molar-refractivity contribution in [3.05, 3.63) is 40.7 Å². The predicted molar refractivity (Wildman–Crippen MR) is 68.6 cm³/mol. The minimum Gasteiger partial charge on any atom is -0.329 e. The van der Waals surface area contributed by atoms with Crippen molar-refractivity contribution in [3.63, 3.8) is 0 Å². The van der Waals surface area contributed by atoms with Gasteiger partial charge in [0.2, 0.25) is 0 Å². The van der Waals surface area contributed by atoms with Crippen LogP contribution in [0.2, 0.25) is 5.02 Å². The summed E-state index contributed by atoms with van der Waals surface area (Å²) < 4.78 is 0. The minimum absolute atomic E-state index is 0.0142. The molecule has 6 nitrogen and oxygen atoms in total. The van der Waals surface area contributed by atoms with E-state index in [1.165, 1.54) is 0 Å². The molecule has 1 aromatic heterocycles. The highest BCUT2D eigenvalue weighted by atomic mass is 35.5. The lowest BCUT2D eigenvalue weighted by molar-refractivity contribution is 0.0723. The number of tetrazole rings is 1. The summed E-state index contributed by atoms with van der Waals surface area (Å²) in [5, 5.41) is 13.9. The molecule has 7 heteroatoms. The van der Waals surface area contributed by atoms with Crippen molar-refractivity contribution in [3.8, 4) is 0 Å². The van der Waals surface area contributed by atoms with E-state index in [1.807, 2.05) is 24.3 Å². The van der Waals surface area contributed by atoms with Gasteiger partial charge in [-0.05, 0) is 29.7 Å². The molecule has 1 atom stereocenters. The molecule has 1 N–H and O–H groups in total. The fraction of sp³-hybridized carbons (Fsp3) is 0.333. The van der Waals surface area contributed by atoms with Crippen LogP contribution in [0.4, 0.5) is 0 Å². The lowest BCUT2D eigenvalue weighted by Crippen LogP contribution is -2.31. The Morgan fingerprint density at radius 1 is 1.42 bits per heavy atom. The van der Waals surface area contributed by atoms with Crippen LogP contribution in [0, 0.1) is 0 Å². The zero-order valence-corrected chi connectivity index (χ0v) is 10.8. The van der Waals surface area contributed by atoms with Gasteiger partial charge < -0.3 is 4.90 Å². The van der Waals surface area contributed by atoms with E-state index < -0.39 is 0 Å². The van der Waals surface area contributed by atoms with Crippen molar-refractivity contribution in [2.24, 2.45) is 0 Å². The molecule has 0 bridgehead atoms. The standard InChI is InChI=1S/C12H12ClN5O/c13-9-5-2-1-4-8(9)10-6-3-7-18(10)12(19)11-14-16-17-15-11/h1-2,4-5,10H,3,6-7H2,(H,14,15,16,17). The summed E-state index contributed by atoms with van der Waals surface area (Å²) in [6.45, 7) is 0.684. The first-order valence-electron chi connectivity index (χ1n) is 6.06. The lowest BCUT2D eigenvalue weighted by atomic mass is 10.0. The van der Waals surface area contributed by atoms with Crippen LogP contribution in [0.5, 0.6) is 0 Å². The van der Waals surface area contributed by atoms with Gasteiger partial charge in [0, 0.05) is 11.6 Å². The fourth-order valence-corrected chi connectivity index (χ4v) is 2.72. The molecule has 1 amide bonds. The first-order chi connectivity index (χ1) is 9.27. The number of aromatic amines is 1. The third-order valence-corrected chi connectivity index (χ3v) is 3.66. The maximum absolute atomic E-state index is 12.3. The van der Waals surface area contributed by atoms with E-state index in [-0.39, 0.29) is 17.8 Å². The van der Waals surface area contributed by atoms with Crippen LogP contribution in [0.15, 0.2) is 24.3 Å². The molecule has 0 radical (unpaired) electrons. The Morgan fingerprint density at radius 2 is 2.26 bits per heavy atom. The Labute approximate surface area is 114 Å². The maximum Gasteiger partial charge on any atom is 0.295 e. The van der Waals surface area contributed by atoms with Crippen LogP contribution in [0.25, 0.3) is 0 Å². The van der Waals surface area contributed by atoms with Crippen LogP contribution in [0.3, 0.4) is 0 Å². The number of likely N-dealkylation sites (tertiary alicyclic amines) is 1. The number of benzene rings is 1. The molecule has 0 aliphatic carbocycles. The number of hydrogen-bond acceptors (Lipinski definition) is 4. The molecule has 1 aliphatic rings. The van der Waals surface area contributed by atoms with Crippen LogP contribution in [-0.2, 0) is 0 Å². The van der Waals surface area contributed by atoms with Crippen LogP contribution < -0.4 is 0 Å². The van der Waals surface area contributed by atoms with Crippen molar-refractivity contribution in [2.45, 2.75) is 18.9 Å². The topological polar surface area (TPSA) is 74.8 Å². The molecular weight excluding hydrogens is 266 g/mol. The molecule has 2 aromatic rings. The number of nitrogens with zero attached hydrogens (tertiary/aromatic N) is 4. The average Bonchev–Trinajstić information content (AvgIpc) is 3.10. The van der Waals surface area contributed by atoms with Gasteiger partial charge in [0.05, 0.1) is 6.04 Å². The van der Waals surface area contributed by atoms with E-state index in [0.29, 0.717) is 11.6 Å². The van der Waals surface area contributed by atoms with Crippen molar-refractivity contribution < 1.29 is 4.79 Å². The minimum atomic E-state index is -0.212. The van der Waals surface area contributed by atoms with Crippen molar-refractivity contribution in [1.82, 2.24) is 25.5 Å². The van der Waals surface area contributed by atoms with Gasteiger partial charge in [-0.2, -0.15) is 5.21 Å². The SMILES string of the molecule is O=C(c1nn[nH]n1)N1CCCC1c1ccccc1Cl. The predicted octanol–water partition coefficient (Wildman–Crippen LogP) is 1.83. The van der Waals surface area contributed by atoms with Crippen molar-refractivity contribution >= 4 is 17.5 Å². The summed E-state index contributed by atoms with van der Waals surface area (Å²) in [6.07, 6.45) is 1.84. The molecule has 19 heavy (non-hydrogen) atoms. The zero-order chi connectivity index (χ0) is 13.2. The number of halogens is 1. The normalized spacial score (nSPS) is 18.8. The summed E-state index contributed by atoms with van der Waals surface area (Å²) in [6, 6.07) is 7.59. The average molecular weight is 278 g/mol. The van der Waals surface area contributed by atoms with Gasteiger partial charge in [0.15, 0.2) is 0 Å². The van der Waals surface area contributed by atoms with Crippen molar-refractivity contribution in [1.29, 1.82) is 0 Å². The molecule has 98 valence electrons. The molecule has 1 unspecified atom stereocenters. The molecule has 0 spiro atoms. The summed E-state index contributed by atoms with van der Waals surface area (Å²) in [5.41, 5.74) is 0.971. The Kier molecular flexibility index (Phi) is 3.16. The number of amides is 1. The van der Waals surface area contributed by atoms with Crippen LogP contribution in [0.1, 0.15) is 35.1 Å². The molecule has 0 saturated carbocycles. The number of rotatable bonds is 2. The summed E-state index contributed by atoms with van der Waals surface area (Å²) in [7, 11) is 0. The van der Waals surface area contributed by atoms with Gasteiger partial charge in [-0.3, -0.25) is 4.79 Å². The van der Waals surface area contributed by atoms with Gasteiger partial charge in [-0.15, -0.1) is 10.2 Å². The van der Waals surface area contributed by atoms with Gasteiger partial charge >= 0.3 is 0 Å². The highest BCUT2D eigenvalue weighted by Gasteiger charge is 2.33. The van der Waals surface area contributed by atoms with E-state index >= 15 is 0 Å². The summed E-state index contributed by atoms with van der Waals surface area (Å²) in [4.78, 5) is 14.1. The molecule has 1 fully saturated rings. The number of hydrogen-bond donors (Lipinski definition) is 1. The number of carbonyl (C=O) groups excluding carboxylic acids is 1.